The average molecular weight is 274 g/mol. The Kier molecular flexibility index (Phi) is 3.12. The highest BCUT2D eigenvalue weighted by atomic mass is 16.4. The summed E-state index contributed by atoms with van der Waals surface area (Å²) in [6.45, 7) is 0.378. The van der Waals surface area contributed by atoms with Gasteiger partial charge in [0.25, 0.3) is 0 Å². The van der Waals surface area contributed by atoms with E-state index >= 15 is 0 Å². The molecule has 5 heteroatoms. The van der Waals surface area contributed by atoms with Gasteiger partial charge in [0.05, 0.1) is 0 Å². The molecule has 106 valence electrons. The molecule has 0 radical (unpaired) electrons. The molecule has 0 bridgehead atoms. The number of nitrogens with zero attached hydrogens (tertiary/aromatic N) is 2. The third-order valence-electron chi connectivity index (χ3n) is 4.18. The van der Waals surface area contributed by atoms with Crippen LogP contribution in [0.5, 0.6) is 0 Å². The van der Waals surface area contributed by atoms with Gasteiger partial charge in [-0.1, -0.05) is 24.3 Å². The molecular weight excluding hydrogens is 256 g/mol. The summed E-state index contributed by atoms with van der Waals surface area (Å²) in [4.78, 5) is 27.1. The van der Waals surface area contributed by atoms with Crippen LogP contribution < -0.4 is 0 Å². The zero-order valence-electron chi connectivity index (χ0n) is 11.5. The first kappa shape index (κ1) is 13.0. The van der Waals surface area contributed by atoms with Crippen LogP contribution in [-0.2, 0) is 17.8 Å². The Hall–Kier alpha value is -2.04. The van der Waals surface area contributed by atoms with E-state index in [0.29, 0.717) is 13.0 Å². The van der Waals surface area contributed by atoms with Gasteiger partial charge in [0, 0.05) is 26.1 Å². The minimum atomic E-state index is -0.933. The predicted molar refractivity (Wildman–Crippen MR) is 73.3 cm³/mol. The van der Waals surface area contributed by atoms with Crippen LogP contribution in [0.15, 0.2) is 24.3 Å². The lowest BCUT2D eigenvalue weighted by atomic mass is 9.94. The highest BCUT2D eigenvalue weighted by Crippen LogP contribution is 2.29. The maximum atomic E-state index is 12.5. The number of hydrogen-bond acceptors (Lipinski definition) is 2. The SMILES string of the molecule is CN(C(=O)N1Cc2ccccc2CC1C(=O)O)C1CC1. The Balaban J connectivity index is 1.87. The summed E-state index contributed by atoms with van der Waals surface area (Å²) in [5, 5.41) is 9.41. The molecule has 1 N–H and O–H groups in total. The maximum Gasteiger partial charge on any atom is 0.326 e. The number of carbonyl (C=O) groups is 2. The second-order valence-electron chi connectivity index (χ2n) is 5.58. The Bertz CT molecular complexity index is 554. The number of carboxylic acid groups (broad SMARTS) is 1. The van der Waals surface area contributed by atoms with Crippen LogP contribution in [0.25, 0.3) is 0 Å². The minimum absolute atomic E-state index is 0.172. The van der Waals surface area contributed by atoms with Crippen LogP contribution in [0.1, 0.15) is 24.0 Å². The first-order valence-electron chi connectivity index (χ1n) is 6.91. The number of hydrogen-bond donors (Lipinski definition) is 1. The summed E-state index contributed by atoms with van der Waals surface area (Å²) in [6, 6.07) is 7.09. The molecule has 1 heterocycles. The number of fused-ring (bicyclic) bond motifs is 1. The van der Waals surface area contributed by atoms with Crippen molar-refractivity contribution in [3.05, 3.63) is 35.4 Å². The number of rotatable bonds is 2. The van der Waals surface area contributed by atoms with E-state index in [1.54, 1.807) is 11.9 Å². The molecule has 3 rings (SSSR count). The zero-order chi connectivity index (χ0) is 14.3. The number of carboxylic acids is 1. The molecule has 1 aromatic rings. The van der Waals surface area contributed by atoms with Crippen LogP contribution in [-0.4, -0.2) is 46.0 Å². The largest absolute Gasteiger partial charge is 0.480 e. The molecule has 5 nitrogen and oxygen atoms in total. The van der Waals surface area contributed by atoms with Gasteiger partial charge in [-0.15, -0.1) is 0 Å². The van der Waals surface area contributed by atoms with E-state index in [4.69, 9.17) is 0 Å². The van der Waals surface area contributed by atoms with Gasteiger partial charge in [0.15, 0.2) is 0 Å². The van der Waals surface area contributed by atoms with Gasteiger partial charge in [-0.2, -0.15) is 0 Å². The Labute approximate surface area is 117 Å². The zero-order valence-corrected chi connectivity index (χ0v) is 11.5. The third-order valence-corrected chi connectivity index (χ3v) is 4.18. The topological polar surface area (TPSA) is 60.9 Å². The van der Waals surface area contributed by atoms with Gasteiger partial charge in [-0.05, 0) is 24.0 Å². The molecular formula is C15H18N2O3. The molecule has 0 spiro atoms. The summed E-state index contributed by atoms with van der Waals surface area (Å²) < 4.78 is 0. The maximum absolute atomic E-state index is 12.5. The molecule has 20 heavy (non-hydrogen) atoms. The summed E-state index contributed by atoms with van der Waals surface area (Å²) >= 11 is 0. The second-order valence-corrected chi connectivity index (χ2v) is 5.58. The lowest BCUT2D eigenvalue weighted by Crippen LogP contribution is -2.53. The van der Waals surface area contributed by atoms with Crippen molar-refractivity contribution < 1.29 is 14.7 Å². The van der Waals surface area contributed by atoms with Gasteiger partial charge in [0.1, 0.15) is 6.04 Å². The first-order valence-corrected chi connectivity index (χ1v) is 6.91. The minimum Gasteiger partial charge on any atom is -0.480 e. The number of amides is 2. The van der Waals surface area contributed by atoms with Crippen molar-refractivity contribution in [3.63, 3.8) is 0 Å². The van der Waals surface area contributed by atoms with Crippen LogP contribution in [0.3, 0.4) is 0 Å². The summed E-state index contributed by atoms with van der Waals surface area (Å²) in [6.07, 6.45) is 2.42. The smallest absolute Gasteiger partial charge is 0.326 e. The quantitative estimate of drug-likeness (QED) is 0.893. The average Bonchev–Trinajstić information content (AvgIpc) is 3.28. The van der Waals surface area contributed by atoms with Crippen molar-refractivity contribution in [2.75, 3.05) is 7.05 Å². The second kappa shape index (κ2) is 4.81. The van der Waals surface area contributed by atoms with Crippen molar-refractivity contribution in [2.24, 2.45) is 0 Å². The lowest BCUT2D eigenvalue weighted by Gasteiger charge is -2.36. The first-order chi connectivity index (χ1) is 9.58. The Morgan fingerprint density at radius 2 is 1.90 bits per heavy atom. The summed E-state index contributed by atoms with van der Waals surface area (Å²) in [5.74, 6) is -0.933. The van der Waals surface area contributed by atoms with Gasteiger partial charge >= 0.3 is 12.0 Å². The molecule has 1 aromatic carbocycles. The number of aliphatic carboxylic acids is 1. The fourth-order valence-corrected chi connectivity index (χ4v) is 2.77. The lowest BCUT2D eigenvalue weighted by molar-refractivity contribution is -0.142. The fourth-order valence-electron chi connectivity index (χ4n) is 2.77. The molecule has 0 aromatic heterocycles. The van der Waals surface area contributed by atoms with Gasteiger partial charge < -0.3 is 14.9 Å². The van der Waals surface area contributed by atoms with E-state index in [1.165, 1.54) is 4.90 Å². The number of carbonyl (C=O) groups excluding carboxylic acids is 1. The van der Waals surface area contributed by atoms with Crippen LogP contribution in [0.4, 0.5) is 4.79 Å². The highest BCUT2D eigenvalue weighted by Gasteiger charge is 2.39. The van der Waals surface area contributed by atoms with Crippen LogP contribution in [0, 0.1) is 0 Å². The standard InChI is InChI=1S/C15H18N2O3/c1-16(12-6-7-12)15(20)17-9-11-5-3-2-4-10(11)8-13(17)14(18)19/h2-5,12-13H,6-9H2,1H3,(H,18,19). The molecule has 1 aliphatic heterocycles. The van der Waals surface area contributed by atoms with Crippen LogP contribution >= 0.6 is 0 Å². The molecule has 1 fully saturated rings. The van der Waals surface area contributed by atoms with Gasteiger partial charge in [-0.25, -0.2) is 9.59 Å². The van der Waals surface area contributed by atoms with Crippen molar-refractivity contribution in [1.29, 1.82) is 0 Å². The van der Waals surface area contributed by atoms with Crippen LogP contribution in [0.2, 0.25) is 0 Å². The number of benzene rings is 1. The summed E-state index contributed by atoms with van der Waals surface area (Å²) in [5.41, 5.74) is 2.07. The molecule has 1 atom stereocenters. The normalized spacial score (nSPS) is 21.2. The van der Waals surface area contributed by atoms with E-state index in [2.05, 4.69) is 0 Å². The van der Waals surface area contributed by atoms with Gasteiger partial charge in [-0.3, -0.25) is 0 Å². The van der Waals surface area contributed by atoms with Crippen molar-refractivity contribution in [3.8, 4) is 0 Å². The van der Waals surface area contributed by atoms with Crippen molar-refractivity contribution >= 4 is 12.0 Å². The summed E-state index contributed by atoms with van der Waals surface area (Å²) in [7, 11) is 1.76. The highest BCUT2D eigenvalue weighted by molar-refractivity contribution is 5.83. The fraction of sp³-hybridized carbons (Fsp3) is 0.467. The molecule has 1 aliphatic carbocycles. The molecule has 1 saturated carbocycles. The Morgan fingerprint density at radius 1 is 1.25 bits per heavy atom. The predicted octanol–water partition coefficient (Wildman–Crippen LogP) is 1.71. The molecule has 2 amide bonds. The Morgan fingerprint density at radius 3 is 2.50 bits per heavy atom. The van der Waals surface area contributed by atoms with E-state index in [0.717, 1.165) is 24.0 Å². The third kappa shape index (κ3) is 2.24. The monoisotopic (exact) mass is 274 g/mol. The van der Waals surface area contributed by atoms with E-state index in [1.807, 2.05) is 24.3 Å². The molecule has 0 saturated heterocycles. The van der Waals surface area contributed by atoms with Crippen molar-refractivity contribution in [1.82, 2.24) is 9.80 Å². The van der Waals surface area contributed by atoms with E-state index in [-0.39, 0.29) is 12.1 Å². The van der Waals surface area contributed by atoms with Crippen molar-refractivity contribution in [2.45, 2.75) is 37.9 Å². The van der Waals surface area contributed by atoms with E-state index in [9.17, 15) is 14.7 Å². The molecule has 1 unspecified atom stereocenters. The number of urea groups is 1. The van der Waals surface area contributed by atoms with E-state index < -0.39 is 12.0 Å². The van der Waals surface area contributed by atoms with Gasteiger partial charge in [0.2, 0.25) is 0 Å². The molecule has 2 aliphatic rings.